The molecule has 1 amide bonds. The summed E-state index contributed by atoms with van der Waals surface area (Å²) in [6.07, 6.45) is 5.26. The lowest BCUT2D eigenvalue weighted by Crippen LogP contribution is -2.52. The van der Waals surface area contributed by atoms with Gasteiger partial charge in [-0.25, -0.2) is 0 Å². The fraction of sp³-hybridized carbons (Fsp3) is 0.933. The number of rotatable bonds is 3. The largest absolute Gasteiger partial charge is 0.339 e. The van der Waals surface area contributed by atoms with Crippen molar-refractivity contribution in [2.24, 2.45) is 0 Å². The highest BCUT2D eigenvalue weighted by atomic mass is 16.2. The Kier molecular flexibility index (Phi) is 4.58. The van der Waals surface area contributed by atoms with E-state index in [0.717, 1.165) is 26.2 Å². The molecule has 3 fully saturated rings. The molecular formula is C15H28N4O. The van der Waals surface area contributed by atoms with Gasteiger partial charge in [0.25, 0.3) is 0 Å². The van der Waals surface area contributed by atoms with E-state index in [1.165, 1.54) is 38.8 Å². The molecule has 20 heavy (non-hydrogen) atoms. The third-order valence-corrected chi connectivity index (χ3v) is 5.24. The SMILES string of the molecule is CN(CC(=O)N1CCNCC1)C1CCN2CCCCC12. The van der Waals surface area contributed by atoms with Crippen LogP contribution in [-0.4, -0.2) is 85.6 Å². The van der Waals surface area contributed by atoms with Crippen LogP contribution in [0.25, 0.3) is 0 Å². The quantitative estimate of drug-likeness (QED) is 0.788. The van der Waals surface area contributed by atoms with Gasteiger partial charge in [0.2, 0.25) is 5.91 Å². The minimum Gasteiger partial charge on any atom is -0.339 e. The van der Waals surface area contributed by atoms with Crippen LogP contribution in [0.3, 0.4) is 0 Å². The number of nitrogens with zero attached hydrogens (tertiary/aromatic N) is 3. The number of fused-ring (bicyclic) bond motifs is 1. The highest BCUT2D eigenvalue weighted by Gasteiger charge is 2.38. The topological polar surface area (TPSA) is 38.8 Å². The summed E-state index contributed by atoms with van der Waals surface area (Å²) in [5.41, 5.74) is 0. The normalized spacial score (nSPS) is 31.6. The number of likely N-dealkylation sites (N-methyl/N-ethyl adjacent to an activating group) is 1. The van der Waals surface area contributed by atoms with Crippen LogP contribution < -0.4 is 5.32 Å². The maximum Gasteiger partial charge on any atom is 0.236 e. The monoisotopic (exact) mass is 280 g/mol. The fourth-order valence-corrected chi connectivity index (χ4v) is 4.08. The Hall–Kier alpha value is -0.650. The highest BCUT2D eigenvalue weighted by Crippen LogP contribution is 2.29. The average molecular weight is 280 g/mol. The summed E-state index contributed by atoms with van der Waals surface area (Å²) in [4.78, 5) is 19.3. The van der Waals surface area contributed by atoms with E-state index in [9.17, 15) is 4.79 Å². The van der Waals surface area contributed by atoms with Gasteiger partial charge in [0.1, 0.15) is 0 Å². The molecule has 2 unspecified atom stereocenters. The van der Waals surface area contributed by atoms with Gasteiger partial charge in [0.05, 0.1) is 6.54 Å². The molecule has 3 saturated heterocycles. The van der Waals surface area contributed by atoms with E-state index in [2.05, 4.69) is 22.2 Å². The maximum absolute atomic E-state index is 12.4. The van der Waals surface area contributed by atoms with Gasteiger partial charge in [0, 0.05) is 44.8 Å². The molecular weight excluding hydrogens is 252 g/mol. The van der Waals surface area contributed by atoms with E-state index in [-0.39, 0.29) is 0 Å². The molecule has 5 nitrogen and oxygen atoms in total. The molecule has 114 valence electrons. The maximum atomic E-state index is 12.4. The molecule has 1 N–H and O–H groups in total. The van der Waals surface area contributed by atoms with Crippen molar-refractivity contribution in [3.63, 3.8) is 0 Å². The van der Waals surface area contributed by atoms with Gasteiger partial charge in [-0.3, -0.25) is 14.6 Å². The Morgan fingerprint density at radius 1 is 1.15 bits per heavy atom. The lowest BCUT2D eigenvalue weighted by Gasteiger charge is -2.37. The van der Waals surface area contributed by atoms with Crippen molar-refractivity contribution >= 4 is 5.91 Å². The van der Waals surface area contributed by atoms with E-state index < -0.39 is 0 Å². The second-order valence-corrected chi connectivity index (χ2v) is 6.50. The molecule has 0 aromatic heterocycles. The van der Waals surface area contributed by atoms with Gasteiger partial charge < -0.3 is 10.2 Å². The van der Waals surface area contributed by atoms with Crippen molar-refractivity contribution in [2.75, 3.05) is 52.9 Å². The van der Waals surface area contributed by atoms with E-state index in [1.54, 1.807) is 0 Å². The Bertz CT molecular complexity index is 343. The first kappa shape index (κ1) is 14.3. The third-order valence-electron chi connectivity index (χ3n) is 5.24. The van der Waals surface area contributed by atoms with E-state index in [0.29, 0.717) is 24.5 Å². The summed E-state index contributed by atoms with van der Waals surface area (Å²) in [7, 11) is 2.14. The van der Waals surface area contributed by atoms with Crippen molar-refractivity contribution < 1.29 is 4.79 Å². The van der Waals surface area contributed by atoms with Gasteiger partial charge in [-0.2, -0.15) is 0 Å². The van der Waals surface area contributed by atoms with Gasteiger partial charge >= 0.3 is 0 Å². The summed E-state index contributed by atoms with van der Waals surface area (Å²) in [5, 5.41) is 3.30. The van der Waals surface area contributed by atoms with Crippen LogP contribution in [0.4, 0.5) is 0 Å². The summed E-state index contributed by atoms with van der Waals surface area (Å²) >= 11 is 0. The van der Waals surface area contributed by atoms with Crippen molar-refractivity contribution in [3.8, 4) is 0 Å². The molecule has 3 aliphatic heterocycles. The number of amides is 1. The van der Waals surface area contributed by atoms with Crippen LogP contribution in [0.15, 0.2) is 0 Å². The molecule has 5 heteroatoms. The second-order valence-electron chi connectivity index (χ2n) is 6.50. The molecule has 0 aromatic rings. The van der Waals surface area contributed by atoms with Crippen molar-refractivity contribution in [2.45, 2.75) is 37.8 Å². The molecule has 3 aliphatic rings. The van der Waals surface area contributed by atoms with Gasteiger partial charge in [-0.05, 0) is 32.9 Å². The van der Waals surface area contributed by atoms with Crippen LogP contribution in [0, 0.1) is 0 Å². The standard InChI is InChI=1S/C15H28N4O/c1-17(12-15(20)19-10-6-16-7-11-19)13-5-9-18-8-3-2-4-14(13)18/h13-14,16H,2-12H2,1H3. The lowest BCUT2D eigenvalue weighted by molar-refractivity contribution is -0.133. The summed E-state index contributed by atoms with van der Waals surface area (Å²) in [6, 6.07) is 1.28. The number of hydrogen-bond donors (Lipinski definition) is 1. The number of piperidine rings is 1. The Balaban J connectivity index is 1.53. The Labute approximate surface area is 122 Å². The van der Waals surface area contributed by atoms with Crippen LogP contribution >= 0.6 is 0 Å². The zero-order valence-corrected chi connectivity index (χ0v) is 12.7. The second kappa shape index (κ2) is 6.41. The highest BCUT2D eigenvalue weighted by molar-refractivity contribution is 5.78. The zero-order valence-electron chi connectivity index (χ0n) is 12.7. The summed E-state index contributed by atoms with van der Waals surface area (Å²) < 4.78 is 0. The molecule has 0 radical (unpaired) electrons. The Morgan fingerprint density at radius 3 is 2.75 bits per heavy atom. The fourth-order valence-electron chi connectivity index (χ4n) is 4.08. The molecule has 0 saturated carbocycles. The van der Waals surface area contributed by atoms with E-state index in [4.69, 9.17) is 0 Å². The predicted molar refractivity (Wildman–Crippen MR) is 79.7 cm³/mol. The van der Waals surface area contributed by atoms with Crippen molar-refractivity contribution in [1.29, 1.82) is 0 Å². The van der Waals surface area contributed by atoms with Crippen LogP contribution in [0.5, 0.6) is 0 Å². The van der Waals surface area contributed by atoms with E-state index in [1.807, 2.05) is 4.90 Å². The zero-order chi connectivity index (χ0) is 13.9. The smallest absolute Gasteiger partial charge is 0.236 e. The molecule has 0 aliphatic carbocycles. The Morgan fingerprint density at radius 2 is 1.95 bits per heavy atom. The molecule has 2 atom stereocenters. The van der Waals surface area contributed by atoms with Crippen LogP contribution in [0.2, 0.25) is 0 Å². The number of carbonyl (C=O) groups excluding carboxylic acids is 1. The minimum absolute atomic E-state index is 0.309. The van der Waals surface area contributed by atoms with Crippen LogP contribution in [0.1, 0.15) is 25.7 Å². The van der Waals surface area contributed by atoms with Crippen molar-refractivity contribution in [1.82, 2.24) is 20.0 Å². The first-order valence-electron chi connectivity index (χ1n) is 8.18. The average Bonchev–Trinajstić information content (AvgIpc) is 2.92. The first-order valence-corrected chi connectivity index (χ1v) is 8.18. The van der Waals surface area contributed by atoms with E-state index >= 15 is 0 Å². The third kappa shape index (κ3) is 3.00. The molecule has 0 aromatic carbocycles. The number of nitrogens with one attached hydrogen (secondary N) is 1. The van der Waals surface area contributed by atoms with Gasteiger partial charge in [-0.1, -0.05) is 6.42 Å². The molecule has 3 rings (SSSR count). The molecule has 3 heterocycles. The number of hydrogen-bond acceptors (Lipinski definition) is 4. The van der Waals surface area contributed by atoms with Gasteiger partial charge in [0.15, 0.2) is 0 Å². The number of carbonyl (C=O) groups is 1. The minimum atomic E-state index is 0.309. The summed E-state index contributed by atoms with van der Waals surface area (Å²) in [5.74, 6) is 0.309. The molecule has 0 bridgehead atoms. The predicted octanol–water partition coefficient (Wildman–Crippen LogP) is -0.0232. The van der Waals surface area contributed by atoms with Crippen LogP contribution in [-0.2, 0) is 4.79 Å². The summed E-state index contributed by atoms with van der Waals surface area (Å²) in [6.45, 7) is 6.70. The molecule has 0 spiro atoms. The lowest BCUT2D eigenvalue weighted by atomic mass is 9.98. The van der Waals surface area contributed by atoms with Crippen molar-refractivity contribution in [3.05, 3.63) is 0 Å². The first-order chi connectivity index (χ1) is 9.75. The number of piperazine rings is 1. The van der Waals surface area contributed by atoms with Gasteiger partial charge in [-0.15, -0.1) is 0 Å².